The van der Waals surface area contributed by atoms with Crippen LogP contribution in [0.5, 0.6) is 0 Å². The number of nitrogens with zero attached hydrogens (tertiary/aromatic N) is 5. The van der Waals surface area contributed by atoms with E-state index in [0.717, 1.165) is 5.56 Å². The third kappa shape index (κ3) is 3.97. The SMILES string of the molecule is CC(=O)N1CCO[C@@H](Cc2c(-c3c(F)cc(-c4ncn[nH]4)cc3F)nc3cc(C)ccn23)C1. The number of halogens is 2. The van der Waals surface area contributed by atoms with Crippen LogP contribution in [0.2, 0.25) is 0 Å². The first-order valence-electron chi connectivity index (χ1n) is 10.6. The van der Waals surface area contributed by atoms with Gasteiger partial charge in [0.1, 0.15) is 23.6 Å². The van der Waals surface area contributed by atoms with Gasteiger partial charge in [-0.2, -0.15) is 5.10 Å². The maximum absolute atomic E-state index is 15.3. The fourth-order valence-corrected chi connectivity index (χ4v) is 4.22. The Kier molecular flexibility index (Phi) is 5.37. The standard InChI is InChI=1S/C23H22F2N6O2/c1-13-3-4-31-19(10-16-11-30(14(2)32)5-6-33-16)22(28-20(31)7-13)21-17(24)8-15(9-18(21)25)23-26-12-27-29-23/h3-4,7-9,12,16H,5-6,10-11H2,1-2H3,(H,26,27,29)/t16-/m0/s1. The van der Waals surface area contributed by atoms with Gasteiger partial charge in [0, 0.05) is 38.2 Å². The minimum atomic E-state index is -0.752. The Morgan fingerprint density at radius 2 is 2.06 bits per heavy atom. The average Bonchev–Trinajstić information content (AvgIpc) is 3.42. The first-order chi connectivity index (χ1) is 15.9. The largest absolute Gasteiger partial charge is 0.374 e. The average molecular weight is 452 g/mol. The number of benzene rings is 1. The molecule has 8 nitrogen and oxygen atoms in total. The van der Waals surface area contributed by atoms with Crippen molar-refractivity contribution in [2.24, 2.45) is 0 Å². The monoisotopic (exact) mass is 452 g/mol. The van der Waals surface area contributed by atoms with Crippen molar-refractivity contribution >= 4 is 11.6 Å². The molecular formula is C23H22F2N6O2. The number of aryl methyl sites for hydroxylation is 1. The summed E-state index contributed by atoms with van der Waals surface area (Å²) in [5, 5.41) is 6.35. The number of imidazole rings is 1. The third-order valence-corrected chi connectivity index (χ3v) is 5.85. The highest BCUT2D eigenvalue weighted by Gasteiger charge is 2.28. The van der Waals surface area contributed by atoms with Gasteiger partial charge in [-0.05, 0) is 36.8 Å². The van der Waals surface area contributed by atoms with Crippen molar-refractivity contribution in [2.45, 2.75) is 26.4 Å². The summed E-state index contributed by atoms with van der Waals surface area (Å²) in [6, 6.07) is 6.19. The molecule has 0 bridgehead atoms. The van der Waals surface area contributed by atoms with E-state index >= 15 is 8.78 Å². The van der Waals surface area contributed by atoms with Crippen molar-refractivity contribution in [3.8, 4) is 22.6 Å². The molecule has 4 aromatic rings. The second-order valence-corrected chi connectivity index (χ2v) is 8.15. The second-order valence-electron chi connectivity index (χ2n) is 8.15. The highest BCUT2D eigenvalue weighted by molar-refractivity contribution is 5.73. The van der Waals surface area contributed by atoms with Gasteiger partial charge in [-0.25, -0.2) is 18.7 Å². The zero-order valence-electron chi connectivity index (χ0n) is 18.2. The topological polar surface area (TPSA) is 88.4 Å². The van der Waals surface area contributed by atoms with E-state index in [4.69, 9.17) is 4.74 Å². The summed E-state index contributed by atoms with van der Waals surface area (Å²) in [4.78, 5) is 22.1. The molecule has 0 spiro atoms. The molecule has 1 saturated heterocycles. The first kappa shape index (κ1) is 21.2. The molecule has 1 aliphatic heterocycles. The molecule has 0 unspecified atom stereocenters. The number of hydrogen-bond donors (Lipinski definition) is 1. The summed E-state index contributed by atoms with van der Waals surface area (Å²) in [6.45, 7) is 4.78. The molecule has 1 aliphatic rings. The Labute approximate surface area is 188 Å². The van der Waals surface area contributed by atoms with Crippen LogP contribution in [0, 0.1) is 18.6 Å². The summed E-state index contributed by atoms with van der Waals surface area (Å²) < 4.78 is 38.3. The molecule has 3 aromatic heterocycles. The van der Waals surface area contributed by atoms with Crippen molar-refractivity contribution in [3.63, 3.8) is 0 Å². The van der Waals surface area contributed by atoms with Crippen LogP contribution in [0.15, 0.2) is 36.8 Å². The summed E-state index contributed by atoms with van der Waals surface area (Å²) in [5.41, 5.74) is 2.42. The van der Waals surface area contributed by atoms with Crippen LogP contribution in [0.25, 0.3) is 28.3 Å². The van der Waals surface area contributed by atoms with Gasteiger partial charge in [-0.3, -0.25) is 9.89 Å². The molecule has 170 valence electrons. The predicted octanol–water partition coefficient (Wildman–Crippen LogP) is 3.16. The Morgan fingerprint density at radius 1 is 1.27 bits per heavy atom. The van der Waals surface area contributed by atoms with Crippen LogP contribution in [-0.4, -0.2) is 61.2 Å². The van der Waals surface area contributed by atoms with Crippen molar-refractivity contribution in [1.29, 1.82) is 0 Å². The van der Waals surface area contributed by atoms with Crippen molar-refractivity contribution in [1.82, 2.24) is 29.5 Å². The molecule has 1 atom stereocenters. The van der Waals surface area contributed by atoms with E-state index in [1.165, 1.54) is 25.4 Å². The summed E-state index contributed by atoms with van der Waals surface area (Å²) in [5.74, 6) is -1.27. The van der Waals surface area contributed by atoms with E-state index in [0.29, 0.717) is 37.5 Å². The van der Waals surface area contributed by atoms with E-state index in [-0.39, 0.29) is 34.7 Å². The van der Waals surface area contributed by atoms with Gasteiger partial charge in [-0.1, -0.05) is 0 Å². The van der Waals surface area contributed by atoms with Gasteiger partial charge in [0.25, 0.3) is 0 Å². The number of rotatable bonds is 4. The Hall–Kier alpha value is -3.66. The molecule has 0 radical (unpaired) electrons. The number of morpholine rings is 1. The minimum absolute atomic E-state index is 0.0302. The lowest BCUT2D eigenvalue weighted by Crippen LogP contribution is -2.45. The van der Waals surface area contributed by atoms with E-state index in [2.05, 4.69) is 20.2 Å². The van der Waals surface area contributed by atoms with Crippen LogP contribution in [0.4, 0.5) is 8.78 Å². The van der Waals surface area contributed by atoms with Crippen LogP contribution in [0.3, 0.4) is 0 Å². The predicted molar refractivity (Wildman–Crippen MR) is 116 cm³/mol. The maximum atomic E-state index is 15.3. The summed E-state index contributed by atoms with van der Waals surface area (Å²) in [7, 11) is 0. The molecule has 1 aromatic carbocycles. The zero-order valence-corrected chi connectivity index (χ0v) is 18.2. The number of H-pyrrole nitrogens is 1. The number of carbonyl (C=O) groups excluding carboxylic acids is 1. The van der Waals surface area contributed by atoms with Crippen molar-refractivity contribution < 1.29 is 18.3 Å². The van der Waals surface area contributed by atoms with Crippen LogP contribution >= 0.6 is 0 Å². The number of hydrogen-bond acceptors (Lipinski definition) is 5. The number of amides is 1. The van der Waals surface area contributed by atoms with Crippen LogP contribution in [0.1, 0.15) is 18.2 Å². The van der Waals surface area contributed by atoms with E-state index < -0.39 is 11.6 Å². The lowest BCUT2D eigenvalue weighted by molar-refractivity contribution is -0.136. The molecule has 0 aliphatic carbocycles. The van der Waals surface area contributed by atoms with Gasteiger partial charge >= 0.3 is 0 Å². The quantitative estimate of drug-likeness (QED) is 0.514. The van der Waals surface area contributed by atoms with Gasteiger partial charge < -0.3 is 14.0 Å². The van der Waals surface area contributed by atoms with E-state index in [9.17, 15) is 4.79 Å². The molecule has 4 heterocycles. The number of fused-ring (bicyclic) bond motifs is 1. The number of carbonyl (C=O) groups is 1. The van der Waals surface area contributed by atoms with Crippen molar-refractivity contribution in [2.75, 3.05) is 19.7 Å². The lowest BCUT2D eigenvalue weighted by atomic mass is 10.0. The second kappa shape index (κ2) is 8.36. The third-order valence-electron chi connectivity index (χ3n) is 5.85. The number of aromatic nitrogens is 5. The highest BCUT2D eigenvalue weighted by atomic mass is 19.1. The normalized spacial score (nSPS) is 16.5. The number of aromatic amines is 1. The maximum Gasteiger partial charge on any atom is 0.219 e. The van der Waals surface area contributed by atoms with E-state index in [1.807, 2.05) is 29.7 Å². The van der Waals surface area contributed by atoms with Gasteiger partial charge in [0.2, 0.25) is 5.91 Å². The van der Waals surface area contributed by atoms with Gasteiger partial charge in [0.05, 0.1) is 29.7 Å². The van der Waals surface area contributed by atoms with Gasteiger partial charge in [0.15, 0.2) is 5.82 Å². The molecule has 1 fully saturated rings. The number of pyridine rings is 1. The molecule has 1 amide bonds. The Bertz CT molecular complexity index is 1310. The Morgan fingerprint density at radius 3 is 2.76 bits per heavy atom. The van der Waals surface area contributed by atoms with Crippen molar-refractivity contribution in [3.05, 3.63) is 59.7 Å². The number of ether oxygens (including phenoxy) is 1. The molecule has 33 heavy (non-hydrogen) atoms. The first-order valence-corrected chi connectivity index (χ1v) is 10.6. The molecule has 1 N–H and O–H groups in total. The number of nitrogens with one attached hydrogen (secondary N) is 1. The summed E-state index contributed by atoms with van der Waals surface area (Å²) >= 11 is 0. The fourth-order valence-electron chi connectivity index (χ4n) is 4.22. The minimum Gasteiger partial charge on any atom is -0.374 e. The van der Waals surface area contributed by atoms with Gasteiger partial charge in [-0.15, -0.1) is 0 Å². The molecule has 0 saturated carbocycles. The zero-order chi connectivity index (χ0) is 23.1. The molecule has 5 rings (SSSR count). The Balaban J connectivity index is 1.61. The highest BCUT2D eigenvalue weighted by Crippen LogP contribution is 2.33. The lowest BCUT2D eigenvalue weighted by Gasteiger charge is -2.32. The molecular weight excluding hydrogens is 430 g/mol. The van der Waals surface area contributed by atoms with Crippen LogP contribution < -0.4 is 0 Å². The molecule has 10 heteroatoms. The van der Waals surface area contributed by atoms with Crippen LogP contribution in [-0.2, 0) is 16.0 Å². The fraction of sp³-hybridized carbons (Fsp3) is 0.304. The smallest absolute Gasteiger partial charge is 0.219 e. The van der Waals surface area contributed by atoms with E-state index in [1.54, 1.807) is 4.90 Å². The summed E-state index contributed by atoms with van der Waals surface area (Å²) in [6.07, 6.45) is 3.13.